The molecule has 1 nitrogen and oxygen atoms in total. The largest absolute Gasteiger partial charge is 0.293 e. The van der Waals surface area contributed by atoms with Crippen LogP contribution in [0.1, 0.15) is 16.8 Å². The summed E-state index contributed by atoms with van der Waals surface area (Å²) in [4.78, 5) is 11.5. The van der Waals surface area contributed by atoms with Crippen molar-refractivity contribution in [1.82, 2.24) is 0 Å². The molecule has 70 valence electrons. The summed E-state index contributed by atoms with van der Waals surface area (Å²) in [6.45, 7) is 0. The van der Waals surface area contributed by atoms with Crippen molar-refractivity contribution in [1.29, 1.82) is 0 Å². The van der Waals surface area contributed by atoms with E-state index in [-0.39, 0.29) is 5.78 Å². The molecule has 0 aliphatic carbocycles. The average Bonchev–Trinajstić information content (AvgIpc) is 2.18. The second-order valence-electron chi connectivity index (χ2n) is 2.68. The van der Waals surface area contributed by atoms with Gasteiger partial charge in [-0.3, -0.25) is 4.79 Å². The molecule has 0 aliphatic rings. The van der Waals surface area contributed by atoms with Crippen LogP contribution in [0.2, 0.25) is 0 Å². The van der Waals surface area contributed by atoms with Gasteiger partial charge < -0.3 is 0 Å². The third-order valence-electron chi connectivity index (χ3n) is 1.71. The fourth-order valence-electron chi connectivity index (χ4n) is 1.01. The first-order valence-electron chi connectivity index (χ1n) is 4.05. The summed E-state index contributed by atoms with van der Waals surface area (Å²) >= 11 is 11.3. The van der Waals surface area contributed by atoms with Gasteiger partial charge in [0.25, 0.3) is 0 Å². The van der Waals surface area contributed by atoms with E-state index in [0.717, 1.165) is 0 Å². The van der Waals surface area contributed by atoms with E-state index < -0.39 is 5.38 Å². The highest BCUT2D eigenvalue weighted by Crippen LogP contribution is 2.11. The lowest BCUT2D eigenvalue weighted by atomic mass is 10.1. The Labute approximate surface area is 87.7 Å². The highest BCUT2D eigenvalue weighted by molar-refractivity contribution is 6.34. The van der Waals surface area contributed by atoms with Crippen molar-refractivity contribution in [3.63, 3.8) is 0 Å². The number of hydrogen-bond donors (Lipinski definition) is 0. The Morgan fingerprint density at radius 3 is 2.46 bits per heavy atom. The van der Waals surface area contributed by atoms with Crippen LogP contribution in [0.15, 0.2) is 30.3 Å². The number of hydrogen-bond acceptors (Lipinski definition) is 1. The van der Waals surface area contributed by atoms with Gasteiger partial charge in [-0.15, -0.1) is 23.2 Å². The van der Waals surface area contributed by atoms with Crippen LogP contribution in [0.25, 0.3) is 0 Å². The molecule has 0 unspecified atom stereocenters. The van der Waals surface area contributed by atoms with Crippen molar-refractivity contribution in [3.8, 4) is 0 Å². The van der Waals surface area contributed by atoms with Gasteiger partial charge in [-0.1, -0.05) is 30.3 Å². The molecule has 1 rings (SSSR count). The number of alkyl halides is 2. The molecule has 1 aromatic carbocycles. The molecule has 3 heteroatoms. The normalized spacial score (nSPS) is 12.5. The summed E-state index contributed by atoms with van der Waals surface area (Å²) < 4.78 is 0. The molecule has 0 N–H and O–H groups in total. The monoisotopic (exact) mass is 216 g/mol. The van der Waals surface area contributed by atoms with Gasteiger partial charge in [-0.25, -0.2) is 0 Å². The Kier molecular flexibility index (Phi) is 4.26. The van der Waals surface area contributed by atoms with E-state index in [4.69, 9.17) is 23.2 Å². The second kappa shape index (κ2) is 5.25. The summed E-state index contributed by atoms with van der Waals surface area (Å²) in [5, 5.41) is -0.500. The number of Topliss-reactive ketones (excluding diaryl/α,β-unsaturated/α-hetero) is 1. The molecule has 0 amide bonds. The van der Waals surface area contributed by atoms with E-state index >= 15 is 0 Å². The summed E-state index contributed by atoms with van der Waals surface area (Å²) in [5.74, 6) is 0.357. The van der Waals surface area contributed by atoms with Gasteiger partial charge in [0.05, 0.1) is 5.38 Å². The molecule has 0 aliphatic heterocycles. The van der Waals surface area contributed by atoms with E-state index in [1.54, 1.807) is 12.1 Å². The summed E-state index contributed by atoms with van der Waals surface area (Å²) in [6.07, 6.45) is 0.511. The molecule has 1 aromatic rings. The third kappa shape index (κ3) is 3.02. The summed E-state index contributed by atoms with van der Waals surface area (Å²) in [7, 11) is 0. The Bertz CT molecular complexity index is 272. The van der Waals surface area contributed by atoms with E-state index in [1.165, 1.54) is 0 Å². The SMILES string of the molecule is O=C(c1ccccc1)[C@@H](Cl)CCCl. The lowest BCUT2D eigenvalue weighted by Crippen LogP contribution is -2.14. The Balaban J connectivity index is 2.68. The van der Waals surface area contributed by atoms with Crippen LogP contribution >= 0.6 is 23.2 Å². The molecular weight excluding hydrogens is 207 g/mol. The number of carbonyl (C=O) groups excluding carboxylic acids is 1. The number of halogens is 2. The first-order valence-corrected chi connectivity index (χ1v) is 5.02. The topological polar surface area (TPSA) is 17.1 Å². The molecule has 0 aromatic heterocycles. The minimum atomic E-state index is -0.500. The van der Waals surface area contributed by atoms with Crippen LogP contribution < -0.4 is 0 Å². The zero-order valence-corrected chi connectivity index (χ0v) is 8.55. The quantitative estimate of drug-likeness (QED) is 0.559. The molecule has 0 bridgehead atoms. The van der Waals surface area contributed by atoms with Gasteiger partial charge in [0.1, 0.15) is 0 Å². The molecular formula is C10H10Cl2O. The average molecular weight is 217 g/mol. The third-order valence-corrected chi connectivity index (χ3v) is 2.34. The highest BCUT2D eigenvalue weighted by Gasteiger charge is 2.15. The standard InChI is InChI=1S/C10H10Cl2O/c11-7-6-9(12)10(13)8-4-2-1-3-5-8/h1-5,9H,6-7H2/t9-/m0/s1. The van der Waals surface area contributed by atoms with Gasteiger partial charge in [0.2, 0.25) is 0 Å². The molecule has 13 heavy (non-hydrogen) atoms. The Hall–Kier alpha value is -0.530. The van der Waals surface area contributed by atoms with E-state index in [9.17, 15) is 4.79 Å². The number of ketones is 1. The van der Waals surface area contributed by atoms with Gasteiger partial charge in [0, 0.05) is 11.4 Å². The molecule has 0 saturated carbocycles. The Morgan fingerprint density at radius 2 is 1.92 bits per heavy atom. The fourth-order valence-corrected chi connectivity index (χ4v) is 1.58. The van der Waals surface area contributed by atoms with Crippen LogP contribution in [0.4, 0.5) is 0 Å². The predicted octanol–water partition coefficient (Wildman–Crippen LogP) is 3.11. The first kappa shape index (κ1) is 10.6. The van der Waals surface area contributed by atoms with E-state index in [2.05, 4.69) is 0 Å². The van der Waals surface area contributed by atoms with E-state index in [0.29, 0.717) is 17.9 Å². The maximum atomic E-state index is 11.5. The lowest BCUT2D eigenvalue weighted by Gasteiger charge is -2.05. The van der Waals surface area contributed by atoms with Crippen molar-refractivity contribution in [2.45, 2.75) is 11.8 Å². The molecule has 0 spiro atoms. The van der Waals surface area contributed by atoms with Crippen LogP contribution in [-0.4, -0.2) is 17.0 Å². The van der Waals surface area contributed by atoms with Gasteiger partial charge in [-0.05, 0) is 6.42 Å². The van der Waals surface area contributed by atoms with Crippen molar-refractivity contribution in [2.75, 3.05) is 5.88 Å². The minimum absolute atomic E-state index is 0.0529. The number of benzene rings is 1. The highest BCUT2D eigenvalue weighted by atomic mass is 35.5. The smallest absolute Gasteiger partial charge is 0.180 e. The van der Waals surface area contributed by atoms with E-state index in [1.807, 2.05) is 18.2 Å². The van der Waals surface area contributed by atoms with Crippen molar-refractivity contribution >= 4 is 29.0 Å². The Morgan fingerprint density at radius 1 is 1.31 bits per heavy atom. The van der Waals surface area contributed by atoms with Gasteiger partial charge in [-0.2, -0.15) is 0 Å². The zero-order chi connectivity index (χ0) is 9.68. The molecule has 0 radical (unpaired) electrons. The molecule has 1 atom stereocenters. The van der Waals surface area contributed by atoms with Gasteiger partial charge >= 0.3 is 0 Å². The molecule has 0 heterocycles. The molecule has 0 fully saturated rings. The van der Waals surface area contributed by atoms with Crippen molar-refractivity contribution in [3.05, 3.63) is 35.9 Å². The zero-order valence-electron chi connectivity index (χ0n) is 7.04. The van der Waals surface area contributed by atoms with Crippen molar-refractivity contribution < 1.29 is 4.79 Å². The fraction of sp³-hybridized carbons (Fsp3) is 0.300. The minimum Gasteiger partial charge on any atom is -0.293 e. The van der Waals surface area contributed by atoms with Crippen LogP contribution in [-0.2, 0) is 0 Å². The number of rotatable bonds is 4. The first-order chi connectivity index (χ1) is 6.25. The summed E-state index contributed by atoms with van der Waals surface area (Å²) in [6, 6.07) is 9.01. The molecule has 0 saturated heterocycles. The van der Waals surface area contributed by atoms with Gasteiger partial charge in [0.15, 0.2) is 5.78 Å². The van der Waals surface area contributed by atoms with Crippen LogP contribution in [0.5, 0.6) is 0 Å². The maximum absolute atomic E-state index is 11.5. The van der Waals surface area contributed by atoms with Crippen LogP contribution in [0, 0.1) is 0 Å². The summed E-state index contributed by atoms with van der Waals surface area (Å²) in [5.41, 5.74) is 0.646. The number of carbonyl (C=O) groups is 1. The maximum Gasteiger partial charge on any atom is 0.180 e. The second-order valence-corrected chi connectivity index (χ2v) is 3.58. The van der Waals surface area contributed by atoms with Crippen LogP contribution in [0.3, 0.4) is 0 Å². The van der Waals surface area contributed by atoms with Crippen molar-refractivity contribution in [2.24, 2.45) is 0 Å². The lowest BCUT2D eigenvalue weighted by molar-refractivity contribution is 0.0986. The predicted molar refractivity (Wildman–Crippen MR) is 55.8 cm³/mol.